The molecule has 156 valence electrons. The Morgan fingerprint density at radius 3 is 2.24 bits per heavy atom. The third-order valence-corrected chi connectivity index (χ3v) is 6.97. The summed E-state index contributed by atoms with van der Waals surface area (Å²) < 4.78 is 65.4. The maximum atomic E-state index is 12.9. The molecule has 1 heterocycles. The average molecular weight is 426 g/mol. The largest absolute Gasteiger partial charge is 0.416 e. The SMILES string of the molecule is CN(C(=O)C1CCN(S(=O)(=O)c2cccc(C(F)(F)F)c2)CC1)c1ccccc1. The molecule has 3 rings (SSSR count). The van der Waals surface area contributed by atoms with Crippen molar-refractivity contribution in [2.45, 2.75) is 23.9 Å². The number of benzene rings is 2. The molecule has 5 nitrogen and oxygen atoms in total. The smallest absolute Gasteiger partial charge is 0.315 e. The lowest BCUT2D eigenvalue weighted by Gasteiger charge is -2.32. The maximum Gasteiger partial charge on any atom is 0.416 e. The van der Waals surface area contributed by atoms with E-state index < -0.39 is 26.7 Å². The molecule has 9 heteroatoms. The van der Waals surface area contributed by atoms with E-state index in [0.717, 1.165) is 28.2 Å². The van der Waals surface area contributed by atoms with Gasteiger partial charge in [0.25, 0.3) is 0 Å². The van der Waals surface area contributed by atoms with Crippen LogP contribution >= 0.6 is 0 Å². The zero-order valence-electron chi connectivity index (χ0n) is 15.8. The number of alkyl halides is 3. The van der Waals surface area contributed by atoms with Gasteiger partial charge in [-0.05, 0) is 43.2 Å². The van der Waals surface area contributed by atoms with Crippen molar-refractivity contribution in [2.24, 2.45) is 5.92 Å². The molecular weight excluding hydrogens is 405 g/mol. The zero-order chi connectivity index (χ0) is 21.2. The van der Waals surface area contributed by atoms with E-state index in [-0.39, 0.29) is 24.9 Å². The first-order valence-electron chi connectivity index (χ1n) is 9.11. The summed E-state index contributed by atoms with van der Waals surface area (Å²) >= 11 is 0. The van der Waals surface area contributed by atoms with E-state index in [9.17, 15) is 26.4 Å². The minimum Gasteiger partial charge on any atom is -0.315 e. The van der Waals surface area contributed by atoms with Crippen LogP contribution in [0.2, 0.25) is 0 Å². The molecule has 1 fully saturated rings. The number of piperidine rings is 1. The molecule has 1 saturated heterocycles. The molecule has 0 aliphatic carbocycles. The van der Waals surface area contributed by atoms with Crippen molar-refractivity contribution in [3.63, 3.8) is 0 Å². The number of hydrogen-bond acceptors (Lipinski definition) is 3. The van der Waals surface area contributed by atoms with Crippen LogP contribution in [0.25, 0.3) is 0 Å². The van der Waals surface area contributed by atoms with Gasteiger partial charge in [0, 0.05) is 31.7 Å². The van der Waals surface area contributed by atoms with E-state index in [2.05, 4.69) is 0 Å². The molecule has 0 unspecified atom stereocenters. The lowest BCUT2D eigenvalue weighted by atomic mass is 9.96. The number of nitrogens with zero attached hydrogens (tertiary/aromatic N) is 2. The molecule has 0 atom stereocenters. The van der Waals surface area contributed by atoms with Gasteiger partial charge in [0.1, 0.15) is 0 Å². The highest BCUT2D eigenvalue weighted by Gasteiger charge is 2.35. The number of hydrogen-bond donors (Lipinski definition) is 0. The first-order chi connectivity index (χ1) is 13.6. The molecule has 2 aromatic rings. The molecule has 29 heavy (non-hydrogen) atoms. The van der Waals surface area contributed by atoms with E-state index in [0.29, 0.717) is 18.9 Å². The van der Waals surface area contributed by atoms with Gasteiger partial charge in [0.2, 0.25) is 15.9 Å². The molecular formula is C20H21F3N2O3S. The highest BCUT2D eigenvalue weighted by Crippen LogP contribution is 2.32. The fourth-order valence-electron chi connectivity index (χ4n) is 3.38. The molecule has 0 bridgehead atoms. The topological polar surface area (TPSA) is 57.7 Å². The van der Waals surface area contributed by atoms with Crippen LogP contribution in [0.3, 0.4) is 0 Å². The molecule has 0 spiro atoms. The second-order valence-electron chi connectivity index (χ2n) is 6.94. The van der Waals surface area contributed by atoms with Crippen molar-refractivity contribution in [3.05, 3.63) is 60.2 Å². The standard InChI is InChI=1S/C20H21F3N2O3S/c1-24(17-7-3-2-4-8-17)19(26)15-10-12-25(13-11-15)29(27,28)18-9-5-6-16(14-18)20(21,22)23/h2-9,14-15H,10-13H2,1H3. The van der Waals surface area contributed by atoms with Crippen LogP contribution in [-0.2, 0) is 21.0 Å². The van der Waals surface area contributed by atoms with E-state index in [1.54, 1.807) is 11.9 Å². The zero-order valence-corrected chi connectivity index (χ0v) is 16.6. The number of carbonyl (C=O) groups is 1. The van der Waals surface area contributed by atoms with Crippen molar-refractivity contribution < 1.29 is 26.4 Å². The molecule has 0 N–H and O–H groups in total. The first kappa shape index (κ1) is 21.3. The Bertz CT molecular complexity index is 970. The van der Waals surface area contributed by atoms with Gasteiger partial charge >= 0.3 is 6.18 Å². The van der Waals surface area contributed by atoms with Crippen LogP contribution in [0, 0.1) is 5.92 Å². The lowest BCUT2D eigenvalue weighted by Crippen LogP contribution is -2.43. The summed E-state index contributed by atoms with van der Waals surface area (Å²) in [5, 5.41) is 0. The molecule has 0 radical (unpaired) electrons. The third-order valence-electron chi connectivity index (χ3n) is 5.08. The Morgan fingerprint density at radius 2 is 1.66 bits per heavy atom. The normalized spacial score (nSPS) is 16.6. The van der Waals surface area contributed by atoms with E-state index in [1.807, 2.05) is 30.3 Å². The maximum absolute atomic E-state index is 12.9. The number of para-hydroxylation sites is 1. The molecule has 2 aromatic carbocycles. The van der Waals surface area contributed by atoms with Crippen LogP contribution < -0.4 is 4.90 Å². The summed E-state index contributed by atoms with van der Waals surface area (Å²) in [4.78, 5) is 13.9. The monoisotopic (exact) mass is 426 g/mol. The lowest BCUT2D eigenvalue weighted by molar-refractivity contribution is -0.137. The molecule has 1 aliphatic heterocycles. The van der Waals surface area contributed by atoms with Gasteiger partial charge in [-0.1, -0.05) is 24.3 Å². The van der Waals surface area contributed by atoms with E-state index in [1.165, 1.54) is 0 Å². The van der Waals surface area contributed by atoms with Crippen LogP contribution in [0.15, 0.2) is 59.5 Å². The van der Waals surface area contributed by atoms with Crippen molar-refractivity contribution in [1.82, 2.24) is 4.31 Å². The van der Waals surface area contributed by atoms with Crippen molar-refractivity contribution >= 4 is 21.6 Å². The Balaban J connectivity index is 1.69. The van der Waals surface area contributed by atoms with Crippen LogP contribution in [0.5, 0.6) is 0 Å². The number of carbonyl (C=O) groups excluding carboxylic acids is 1. The number of anilines is 1. The fraction of sp³-hybridized carbons (Fsp3) is 0.350. The fourth-order valence-corrected chi connectivity index (χ4v) is 4.89. The summed E-state index contributed by atoms with van der Waals surface area (Å²) in [6.45, 7) is 0.162. The van der Waals surface area contributed by atoms with Crippen LogP contribution in [0.4, 0.5) is 18.9 Å². The average Bonchev–Trinajstić information content (AvgIpc) is 2.73. The van der Waals surface area contributed by atoms with E-state index >= 15 is 0 Å². The van der Waals surface area contributed by atoms with Gasteiger partial charge in [-0.25, -0.2) is 8.42 Å². The van der Waals surface area contributed by atoms with Crippen molar-refractivity contribution in [3.8, 4) is 0 Å². The van der Waals surface area contributed by atoms with Gasteiger partial charge in [-0.15, -0.1) is 0 Å². The van der Waals surface area contributed by atoms with Gasteiger partial charge in [-0.2, -0.15) is 17.5 Å². The minimum atomic E-state index is -4.62. The third kappa shape index (κ3) is 4.62. The molecule has 0 saturated carbocycles. The van der Waals surface area contributed by atoms with Crippen LogP contribution in [-0.4, -0.2) is 38.8 Å². The van der Waals surface area contributed by atoms with Crippen molar-refractivity contribution in [2.75, 3.05) is 25.0 Å². The quantitative estimate of drug-likeness (QED) is 0.748. The summed E-state index contributed by atoms with van der Waals surface area (Å²) in [5.41, 5.74) is -0.260. The first-order valence-corrected chi connectivity index (χ1v) is 10.5. The number of amides is 1. The highest BCUT2D eigenvalue weighted by atomic mass is 32.2. The summed E-state index contributed by atoms with van der Waals surface area (Å²) in [5.74, 6) is -0.444. The predicted molar refractivity (Wildman–Crippen MR) is 103 cm³/mol. The van der Waals surface area contributed by atoms with Gasteiger partial charge in [-0.3, -0.25) is 4.79 Å². The molecule has 1 aliphatic rings. The number of halogens is 3. The second kappa shape index (κ2) is 8.16. The summed E-state index contributed by atoms with van der Waals surface area (Å²) in [6, 6.07) is 12.8. The highest BCUT2D eigenvalue weighted by molar-refractivity contribution is 7.89. The summed E-state index contributed by atoms with van der Waals surface area (Å²) in [6.07, 6.45) is -3.99. The predicted octanol–water partition coefficient (Wildman–Crippen LogP) is 3.77. The second-order valence-corrected chi connectivity index (χ2v) is 8.87. The van der Waals surface area contributed by atoms with Crippen LogP contribution in [0.1, 0.15) is 18.4 Å². The van der Waals surface area contributed by atoms with E-state index in [4.69, 9.17) is 0 Å². The molecule has 1 amide bonds. The Hall–Kier alpha value is -2.39. The minimum absolute atomic E-state index is 0.0810. The van der Waals surface area contributed by atoms with Crippen molar-refractivity contribution in [1.29, 1.82) is 0 Å². The Labute approximate surface area is 167 Å². The Morgan fingerprint density at radius 1 is 1.03 bits per heavy atom. The van der Waals surface area contributed by atoms with Gasteiger partial charge < -0.3 is 4.90 Å². The van der Waals surface area contributed by atoms with Gasteiger partial charge in [0.05, 0.1) is 10.5 Å². The number of rotatable bonds is 4. The molecule has 0 aromatic heterocycles. The Kier molecular flexibility index (Phi) is 6.00. The van der Waals surface area contributed by atoms with Gasteiger partial charge in [0.15, 0.2) is 0 Å². The number of sulfonamides is 1. The summed E-state index contributed by atoms with van der Waals surface area (Å²) in [7, 11) is -2.39.